The number of para-hydroxylation sites is 1. The molecule has 1 aliphatic rings. The summed E-state index contributed by atoms with van der Waals surface area (Å²) < 4.78 is 20.4. The lowest BCUT2D eigenvalue weighted by Crippen LogP contribution is -2.14. The maximum atomic E-state index is 13.6. The first kappa shape index (κ1) is 18.2. The smallest absolute Gasteiger partial charge is 0.276 e. The van der Waals surface area contributed by atoms with Crippen molar-refractivity contribution in [2.75, 3.05) is 5.32 Å². The van der Waals surface area contributed by atoms with E-state index in [2.05, 4.69) is 16.5 Å². The lowest BCUT2D eigenvalue weighted by atomic mass is 9.96. The quantitative estimate of drug-likeness (QED) is 0.703. The maximum absolute atomic E-state index is 13.6. The Morgan fingerprint density at radius 2 is 2.14 bits per heavy atom. The molecule has 0 bridgehead atoms. The van der Waals surface area contributed by atoms with Gasteiger partial charge in [-0.15, -0.1) is 11.3 Å². The van der Waals surface area contributed by atoms with Crippen LogP contribution in [0.15, 0.2) is 36.5 Å². The second kappa shape index (κ2) is 7.82. The summed E-state index contributed by atoms with van der Waals surface area (Å²) in [5, 5.41) is 17.0. The van der Waals surface area contributed by atoms with Crippen molar-refractivity contribution in [2.24, 2.45) is 0 Å². The minimum absolute atomic E-state index is 0.0229. The predicted octanol–water partition coefficient (Wildman–Crippen LogP) is 4.12. The molecule has 1 amide bonds. The van der Waals surface area contributed by atoms with Crippen LogP contribution in [0.3, 0.4) is 0 Å². The van der Waals surface area contributed by atoms with Gasteiger partial charge >= 0.3 is 0 Å². The second-order valence-electron chi connectivity index (χ2n) is 6.43. The topological polar surface area (TPSA) is 79.9 Å². The number of aromatic nitrogens is 2. The Morgan fingerprint density at radius 3 is 2.96 bits per heavy atom. The van der Waals surface area contributed by atoms with Gasteiger partial charge in [-0.25, -0.2) is 9.07 Å². The standard InChI is InChI=1S/C20H17FN4O2S/c21-15-6-2-3-7-17(15)27-12-25-10-9-16(24-25)19(26)23-20-14(11-22)13-5-1-4-8-18(13)28-20/h2-3,6-7,9-10H,1,4-5,8,12H2,(H,23,26). The Balaban J connectivity index is 1.45. The van der Waals surface area contributed by atoms with Gasteiger partial charge in [-0.05, 0) is 49.4 Å². The Bertz CT molecular complexity index is 1070. The third-order valence-corrected chi connectivity index (χ3v) is 5.78. The van der Waals surface area contributed by atoms with E-state index in [0.29, 0.717) is 10.6 Å². The first-order valence-corrected chi connectivity index (χ1v) is 9.74. The number of benzene rings is 1. The molecule has 6 nitrogen and oxygen atoms in total. The molecule has 0 saturated heterocycles. The molecule has 1 aliphatic carbocycles. The van der Waals surface area contributed by atoms with E-state index in [9.17, 15) is 14.4 Å². The van der Waals surface area contributed by atoms with Gasteiger partial charge in [0.2, 0.25) is 0 Å². The highest BCUT2D eigenvalue weighted by Crippen LogP contribution is 2.37. The minimum Gasteiger partial charge on any atom is -0.468 e. The fraction of sp³-hybridized carbons (Fsp3) is 0.250. The molecule has 0 atom stereocenters. The van der Waals surface area contributed by atoms with Gasteiger partial charge in [-0.1, -0.05) is 12.1 Å². The summed E-state index contributed by atoms with van der Waals surface area (Å²) in [6.07, 6.45) is 5.59. The van der Waals surface area contributed by atoms with Crippen LogP contribution in [0, 0.1) is 17.1 Å². The van der Waals surface area contributed by atoms with Crippen molar-refractivity contribution in [3.8, 4) is 11.8 Å². The van der Waals surface area contributed by atoms with E-state index < -0.39 is 5.82 Å². The molecular weight excluding hydrogens is 379 g/mol. The maximum Gasteiger partial charge on any atom is 0.276 e. The van der Waals surface area contributed by atoms with Crippen LogP contribution in [0.5, 0.6) is 5.75 Å². The molecule has 3 aromatic rings. The number of aryl methyl sites for hydroxylation is 1. The summed E-state index contributed by atoms with van der Waals surface area (Å²) in [6.45, 7) is -0.0229. The molecule has 2 heterocycles. The van der Waals surface area contributed by atoms with Gasteiger partial charge in [0.25, 0.3) is 5.91 Å². The van der Waals surface area contributed by atoms with E-state index >= 15 is 0 Å². The third-order valence-electron chi connectivity index (χ3n) is 4.57. The third kappa shape index (κ3) is 3.62. The molecule has 28 heavy (non-hydrogen) atoms. The summed E-state index contributed by atoms with van der Waals surface area (Å²) in [4.78, 5) is 13.7. The van der Waals surface area contributed by atoms with Crippen LogP contribution in [-0.2, 0) is 19.6 Å². The number of ether oxygens (including phenoxy) is 1. The number of amides is 1. The average molecular weight is 396 g/mol. The number of hydrogen-bond donors (Lipinski definition) is 1. The number of nitrogens with zero attached hydrogens (tertiary/aromatic N) is 3. The summed E-state index contributed by atoms with van der Waals surface area (Å²) in [6, 6.07) is 9.87. The fourth-order valence-corrected chi connectivity index (χ4v) is 4.43. The number of rotatable bonds is 5. The molecule has 0 radical (unpaired) electrons. The lowest BCUT2D eigenvalue weighted by molar-refractivity contribution is 0.102. The molecule has 1 N–H and O–H groups in total. The van der Waals surface area contributed by atoms with Crippen molar-refractivity contribution in [1.29, 1.82) is 5.26 Å². The highest BCUT2D eigenvalue weighted by molar-refractivity contribution is 7.16. The van der Waals surface area contributed by atoms with Gasteiger partial charge < -0.3 is 10.1 Å². The molecule has 142 valence electrons. The van der Waals surface area contributed by atoms with E-state index in [1.807, 2.05) is 0 Å². The molecule has 8 heteroatoms. The van der Waals surface area contributed by atoms with Crippen LogP contribution < -0.4 is 10.1 Å². The lowest BCUT2D eigenvalue weighted by Gasteiger charge is -2.09. The number of carbonyl (C=O) groups excluding carboxylic acids is 1. The number of fused-ring (bicyclic) bond motifs is 1. The molecule has 1 aromatic carbocycles. The number of nitriles is 1. The average Bonchev–Trinajstić information content (AvgIpc) is 3.31. The van der Waals surface area contributed by atoms with E-state index in [1.165, 1.54) is 33.0 Å². The SMILES string of the molecule is N#Cc1c(NC(=O)c2ccn(COc3ccccc3F)n2)sc2c1CCCC2. The van der Waals surface area contributed by atoms with Gasteiger partial charge in [0, 0.05) is 11.1 Å². The second-order valence-corrected chi connectivity index (χ2v) is 7.53. The number of halogens is 1. The van der Waals surface area contributed by atoms with Crippen molar-refractivity contribution in [1.82, 2.24) is 9.78 Å². The molecule has 0 saturated carbocycles. The van der Waals surface area contributed by atoms with Crippen LogP contribution in [-0.4, -0.2) is 15.7 Å². The van der Waals surface area contributed by atoms with Gasteiger partial charge in [0.05, 0.1) is 5.56 Å². The Labute approximate surface area is 165 Å². The molecule has 0 unspecified atom stereocenters. The first-order chi connectivity index (χ1) is 13.7. The van der Waals surface area contributed by atoms with E-state index in [4.69, 9.17) is 4.74 Å². The molecule has 0 aliphatic heterocycles. The van der Waals surface area contributed by atoms with Crippen LogP contribution in [0.1, 0.15) is 39.3 Å². The van der Waals surface area contributed by atoms with Crippen molar-refractivity contribution < 1.29 is 13.9 Å². The zero-order chi connectivity index (χ0) is 19.5. The van der Waals surface area contributed by atoms with Gasteiger partial charge in [-0.2, -0.15) is 10.4 Å². The van der Waals surface area contributed by atoms with E-state index in [-0.39, 0.29) is 24.1 Å². The number of nitrogens with one attached hydrogen (secondary N) is 1. The highest BCUT2D eigenvalue weighted by Gasteiger charge is 2.22. The summed E-state index contributed by atoms with van der Waals surface area (Å²) in [5.74, 6) is -0.732. The Morgan fingerprint density at radius 1 is 1.32 bits per heavy atom. The molecule has 2 aromatic heterocycles. The molecule has 0 fully saturated rings. The number of thiophene rings is 1. The zero-order valence-corrected chi connectivity index (χ0v) is 15.8. The normalized spacial score (nSPS) is 12.9. The summed E-state index contributed by atoms with van der Waals surface area (Å²) >= 11 is 1.47. The fourth-order valence-electron chi connectivity index (χ4n) is 3.19. The first-order valence-electron chi connectivity index (χ1n) is 8.92. The van der Waals surface area contributed by atoms with E-state index in [0.717, 1.165) is 31.2 Å². The minimum atomic E-state index is -0.460. The zero-order valence-electron chi connectivity index (χ0n) is 14.9. The summed E-state index contributed by atoms with van der Waals surface area (Å²) in [5.41, 5.74) is 1.83. The Kier molecular flexibility index (Phi) is 5.08. The summed E-state index contributed by atoms with van der Waals surface area (Å²) in [7, 11) is 0. The monoisotopic (exact) mass is 396 g/mol. The number of anilines is 1. The number of carbonyl (C=O) groups is 1. The largest absolute Gasteiger partial charge is 0.468 e. The predicted molar refractivity (Wildman–Crippen MR) is 103 cm³/mol. The van der Waals surface area contributed by atoms with Crippen molar-refractivity contribution in [3.05, 3.63) is 64.0 Å². The molecule has 0 spiro atoms. The van der Waals surface area contributed by atoms with Crippen LogP contribution in [0.4, 0.5) is 9.39 Å². The number of hydrogen-bond acceptors (Lipinski definition) is 5. The van der Waals surface area contributed by atoms with Crippen molar-refractivity contribution in [3.63, 3.8) is 0 Å². The van der Waals surface area contributed by atoms with Crippen molar-refractivity contribution in [2.45, 2.75) is 32.4 Å². The molecular formula is C20H17FN4O2S. The molecule has 4 rings (SSSR count). The van der Waals surface area contributed by atoms with E-state index in [1.54, 1.807) is 24.4 Å². The van der Waals surface area contributed by atoms with Crippen molar-refractivity contribution >= 4 is 22.2 Å². The van der Waals surface area contributed by atoms with Crippen LogP contribution in [0.2, 0.25) is 0 Å². The Hall–Kier alpha value is -3.18. The van der Waals surface area contributed by atoms with Crippen LogP contribution >= 0.6 is 11.3 Å². The highest BCUT2D eigenvalue weighted by atomic mass is 32.1. The van der Waals surface area contributed by atoms with Crippen LogP contribution in [0.25, 0.3) is 0 Å². The van der Waals surface area contributed by atoms with Gasteiger partial charge in [-0.3, -0.25) is 4.79 Å². The van der Waals surface area contributed by atoms with Gasteiger partial charge in [0.15, 0.2) is 24.0 Å². The van der Waals surface area contributed by atoms with Gasteiger partial charge in [0.1, 0.15) is 11.1 Å².